The Labute approximate surface area is 180 Å². The van der Waals surface area contributed by atoms with E-state index in [0.717, 1.165) is 17.8 Å². The minimum Gasteiger partial charge on any atom is -0.481 e. The predicted octanol–water partition coefficient (Wildman–Crippen LogP) is 3.68. The molecule has 1 aromatic heterocycles. The molecule has 0 radical (unpaired) electrons. The summed E-state index contributed by atoms with van der Waals surface area (Å²) in [6.07, 6.45) is 5.00. The fourth-order valence-electron chi connectivity index (χ4n) is 4.51. The van der Waals surface area contributed by atoms with Crippen molar-refractivity contribution in [2.75, 3.05) is 13.1 Å². The second kappa shape index (κ2) is 8.63. The van der Waals surface area contributed by atoms with E-state index >= 15 is 0 Å². The van der Waals surface area contributed by atoms with E-state index in [-0.39, 0.29) is 11.9 Å². The highest BCUT2D eigenvalue weighted by molar-refractivity contribution is 6.01. The van der Waals surface area contributed by atoms with E-state index in [9.17, 15) is 14.3 Å². The van der Waals surface area contributed by atoms with Crippen LogP contribution in [0.4, 0.5) is 4.39 Å². The van der Waals surface area contributed by atoms with Crippen LogP contribution in [0.15, 0.2) is 42.2 Å². The van der Waals surface area contributed by atoms with Crippen LogP contribution in [0.5, 0.6) is 0 Å². The van der Waals surface area contributed by atoms with Gasteiger partial charge < -0.3 is 9.94 Å². The molecule has 1 unspecified atom stereocenters. The molecule has 4 rings (SSSR count). The van der Waals surface area contributed by atoms with Crippen molar-refractivity contribution < 1.29 is 19.1 Å². The van der Waals surface area contributed by atoms with Gasteiger partial charge in [0.2, 0.25) is 0 Å². The van der Waals surface area contributed by atoms with E-state index in [1.807, 2.05) is 13.1 Å². The highest BCUT2D eigenvalue weighted by atomic mass is 19.1. The van der Waals surface area contributed by atoms with Crippen LogP contribution in [-0.4, -0.2) is 50.7 Å². The highest BCUT2D eigenvalue weighted by Crippen LogP contribution is 2.39. The SMILES string of the molecule is C=Cn1ncc(CN2CCC(CC3CC(c4ccccc4F)=NO3)(C(=O)O)CC2)c1C. The fourth-order valence-corrected chi connectivity index (χ4v) is 4.51. The number of benzene rings is 1. The molecule has 0 bridgehead atoms. The first-order valence-electron chi connectivity index (χ1n) is 10.5. The Morgan fingerprint density at radius 2 is 2.13 bits per heavy atom. The molecule has 8 heteroatoms. The molecule has 3 heterocycles. The van der Waals surface area contributed by atoms with Gasteiger partial charge in [-0.05, 0) is 38.9 Å². The molecule has 2 aliphatic heterocycles. The molecule has 1 N–H and O–H groups in total. The normalized spacial score (nSPS) is 20.8. The first kappa shape index (κ1) is 21.2. The summed E-state index contributed by atoms with van der Waals surface area (Å²) in [5.74, 6) is -1.15. The Morgan fingerprint density at radius 1 is 1.39 bits per heavy atom. The summed E-state index contributed by atoms with van der Waals surface area (Å²) < 4.78 is 15.8. The number of carboxylic acid groups (broad SMARTS) is 1. The summed E-state index contributed by atoms with van der Waals surface area (Å²) in [6.45, 7) is 7.84. The van der Waals surface area contributed by atoms with Crippen molar-refractivity contribution >= 4 is 17.9 Å². The van der Waals surface area contributed by atoms with E-state index in [0.29, 0.717) is 50.0 Å². The number of halogens is 1. The minimum absolute atomic E-state index is 0.346. The third-order valence-corrected chi connectivity index (χ3v) is 6.52. The molecule has 7 nitrogen and oxygen atoms in total. The van der Waals surface area contributed by atoms with Crippen LogP contribution in [0.2, 0.25) is 0 Å². The van der Waals surface area contributed by atoms with Gasteiger partial charge in [-0.2, -0.15) is 5.10 Å². The van der Waals surface area contributed by atoms with Crippen molar-refractivity contribution in [3.63, 3.8) is 0 Å². The molecular formula is C23H27FN4O3. The monoisotopic (exact) mass is 426 g/mol. The first-order valence-corrected chi connectivity index (χ1v) is 10.5. The average Bonchev–Trinajstić information content (AvgIpc) is 3.36. The Balaban J connectivity index is 1.37. The number of oxime groups is 1. The lowest BCUT2D eigenvalue weighted by molar-refractivity contribution is -0.155. The fraction of sp³-hybridized carbons (Fsp3) is 0.435. The lowest BCUT2D eigenvalue weighted by Gasteiger charge is -2.39. The third kappa shape index (κ3) is 4.25. The molecule has 0 aliphatic carbocycles. The highest BCUT2D eigenvalue weighted by Gasteiger charge is 2.45. The summed E-state index contributed by atoms with van der Waals surface area (Å²) in [5, 5.41) is 18.4. The maximum absolute atomic E-state index is 14.1. The zero-order chi connectivity index (χ0) is 22.0. The lowest BCUT2D eigenvalue weighted by Crippen LogP contribution is -2.45. The number of aliphatic carboxylic acids is 1. The zero-order valence-electron chi connectivity index (χ0n) is 17.6. The van der Waals surface area contributed by atoms with Crippen molar-refractivity contribution in [1.82, 2.24) is 14.7 Å². The van der Waals surface area contributed by atoms with Gasteiger partial charge in [0.15, 0.2) is 0 Å². The van der Waals surface area contributed by atoms with Gasteiger partial charge >= 0.3 is 5.97 Å². The summed E-state index contributed by atoms with van der Waals surface area (Å²) in [5.41, 5.74) is 2.25. The molecule has 1 saturated heterocycles. The molecule has 1 aromatic carbocycles. The second-order valence-corrected chi connectivity index (χ2v) is 8.40. The average molecular weight is 426 g/mol. The van der Waals surface area contributed by atoms with E-state index in [2.05, 4.69) is 21.7 Å². The Bertz CT molecular complexity index is 1010. The number of hydrogen-bond acceptors (Lipinski definition) is 5. The third-order valence-electron chi connectivity index (χ3n) is 6.52. The van der Waals surface area contributed by atoms with Crippen molar-refractivity contribution in [2.24, 2.45) is 10.6 Å². The molecule has 164 valence electrons. The number of nitrogens with zero attached hydrogens (tertiary/aromatic N) is 4. The number of carboxylic acids is 1. The van der Waals surface area contributed by atoms with Crippen LogP contribution in [-0.2, 0) is 16.2 Å². The molecule has 1 atom stereocenters. The Kier molecular flexibility index (Phi) is 5.91. The molecule has 0 saturated carbocycles. The van der Waals surface area contributed by atoms with Crippen molar-refractivity contribution in [3.8, 4) is 0 Å². The predicted molar refractivity (Wildman–Crippen MR) is 115 cm³/mol. The largest absolute Gasteiger partial charge is 0.481 e. The molecule has 2 aliphatic rings. The van der Waals surface area contributed by atoms with Gasteiger partial charge in [-0.15, -0.1) is 0 Å². The van der Waals surface area contributed by atoms with E-state index in [4.69, 9.17) is 4.84 Å². The number of aromatic nitrogens is 2. The van der Waals surface area contributed by atoms with Gasteiger partial charge in [0.1, 0.15) is 11.9 Å². The van der Waals surface area contributed by atoms with Crippen molar-refractivity contribution in [2.45, 2.75) is 45.3 Å². The zero-order valence-corrected chi connectivity index (χ0v) is 17.6. The molecular weight excluding hydrogens is 399 g/mol. The van der Waals surface area contributed by atoms with Crippen LogP contribution in [0.25, 0.3) is 6.20 Å². The van der Waals surface area contributed by atoms with Gasteiger partial charge in [0.05, 0.1) is 17.3 Å². The smallest absolute Gasteiger partial charge is 0.309 e. The van der Waals surface area contributed by atoms with E-state index in [1.54, 1.807) is 29.1 Å². The quantitative estimate of drug-likeness (QED) is 0.731. The Hall–Kier alpha value is -3.00. The first-order chi connectivity index (χ1) is 14.9. The van der Waals surface area contributed by atoms with Gasteiger partial charge in [0, 0.05) is 42.4 Å². The van der Waals surface area contributed by atoms with Gasteiger partial charge in [-0.3, -0.25) is 9.69 Å². The summed E-state index contributed by atoms with van der Waals surface area (Å²) in [7, 11) is 0. The molecule has 0 spiro atoms. The van der Waals surface area contributed by atoms with Gasteiger partial charge in [0.25, 0.3) is 0 Å². The van der Waals surface area contributed by atoms with E-state index in [1.165, 1.54) is 6.07 Å². The van der Waals surface area contributed by atoms with Crippen LogP contribution >= 0.6 is 0 Å². The molecule has 1 fully saturated rings. The molecule has 0 amide bonds. The van der Waals surface area contributed by atoms with Crippen LogP contribution in [0.1, 0.15) is 42.5 Å². The standard InChI is InChI=1S/C23H27FN4O3/c1-3-28-16(2)17(14-25-28)15-27-10-8-23(9-11-27,22(29)30)13-18-12-21(26-31-18)19-6-4-5-7-20(19)24/h3-7,14,18H,1,8-13,15H2,2H3,(H,29,30). The summed E-state index contributed by atoms with van der Waals surface area (Å²) in [4.78, 5) is 20.0. The van der Waals surface area contributed by atoms with Crippen LogP contribution < -0.4 is 0 Å². The van der Waals surface area contributed by atoms with Crippen LogP contribution in [0.3, 0.4) is 0 Å². The number of hydrogen-bond donors (Lipinski definition) is 1. The lowest BCUT2D eigenvalue weighted by atomic mass is 9.73. The number of rotatable bonds is 7. The minimum atomic E-state index is -0.859. The maximum atomic E-state index is 14.1. The number of carbonyl (C=O) groups is 1. The Morgan fingerprint density at radius 3 is 2.77 bits per heavy atom. The summed E-state index contributed by atoms with van der Waals surface area (Å²) in [6, 6.07) is 6.44. The van der Waals surface area contributed by atoms with Crippen molar-refractivity contribution in [3.05, 3.63) is 59.7 Å². The number of piperidine rings is 1. The second-order valence-electron chi connectivity index (χ2n) is 8.40. The van der Waals surface area contributed by atoms with Gasteiger partial charge in [-0.1, -0.05) is 29.9 Å². The van der Waals surface area contributed by atoms with Crippen molar-refractivity contribution in [1.29, 1.82) is 0 Å². The molecule has 2 aromatic rings. The van der Waals surface area contributed by atoms with Crippen LogP contribution in [0, 0.1) is 18.2 Å². The molecule has 31 heavy (non-hydrogen) atoms. The topological polar surface area (TPSA) is 80.0 Å². The number of likely N-dealkylation sites (tertiary alicyclic amines) is 1. The van der Waals surface area contributed by atoms with Gasteiger partial charge in [-0.25, -0.2) is 9.07 Å². The summed E-state index contributed by atoms with van der Waals surface area (Å²) >= 11 is 0. The van der Waals surface area contributed by atoms with E-state index < -0.39 is 11.4 Å². The maximum Gasteiger partial charge on any atom is 0.309 e.